The molecule has 3 rings (SSSR count). The zero-order valence-electron chi connectivity index (χ0n) is 15.0. The Labute approximate surface area is 161 Å². The Morgan fingerprint density at radius 1 is 1.30 bits per heavy atom. The van der Waals surface area contributed by atoms with Crippen LogP contribution in [0, 0.1) is 10.1 Å². The van der Waals surface area contributed by atoms with Gasteiger partial charge in [0.2, 0.25) is 5.91 Å². The van der Waals surface area contributed by atoms with Crippen LogP contribution >= 0.6 is 11.8 Å². The lowest BCUT2D eigenvalue weighted by molar-refractivity contribution is -0.384. The summed E-state index contributed by atoms with van der Waals surface area (Å²) in [5, 5.41) is 14.1. The van der Waals surface area contributed by atoms with E-state index in [1.54, 1.807) is 19.2 Å². The Kier molecular flexibility index (Phi) is 6.31. The number of para-hydroxylation sites is 1. The fourth-order valence-corrected chi connectivity index (χ4v) is 3.90. The first kappa shape index (κ1) is 19.2. The highest BCUT2D eigenvalue weighted by atomic mass is 32.2. The predicted octanol–water partition coefficient (Wildman–Crippen LogP) is 2.87. The van der Waals surface area contributed by atoms with Gasteiger partial charge < -0.3 is 15.0 Å². The van der Waals surface area contributed by atoms with Gasteiger partial charge in [0.25, 0.3) is 5.69 Å². The number of benzene rings is 2. The van der Waals surface area contributed by atoms with E-state index in [2.05, 4.69) is 5.32 Å². The van der Waals surface area contributed by atoms with Crippen LogP contribution in [0.2, 0.25) is 0 Å². The van der Waals surface area contributed by atoms with E-state index in [0.29, 0.717) is 13.1 Å². The summed E-state index contributed by atoms with van der Waals surface area (Å²) < 4.78 is 5.46. The van der Waals surface area contributed by atoms with E-state index in [1.165, 1.54) is 23.9 Å². The molecule has 1 unspecified atom stereocenters. The molecular weight excluding hydrogens is 366 g/mol. The summed E-state index contributed by atoms with van der Waals surface area (Å²) >= 11 is 1.38. The fraction of sp³-hybridized carbons (Fsp3) is 0.316. The molecule has 1 amide bonds. The van der Waals surface area contributed by atoms with Gasteiger partial charge >= 0.3 is 0 Å². The van der Waals surface area contributed by atoms with Crippen molar-refractivity contribution in [3.8, 4) is 5.75 Å². The first-order valence-corrected chi connectivity index (χ1v) is 9.59. The molecule has 142 valence electrons. The lowest BCUT2D eigenvalue weighted by atomic mass is 10.0. The monoisotopic (exact) mass is 387 g/mol. The van der Waals surface area contributed by atoms with Gasteiger partial charge in [0.15, 0.2) is 0 Å². The van der Waals surface area contributed by atoms with Crippen LogP contribution in [0.15, 0.2) is 53.4 Å². The quantitative estimate of drug-likeness (QED) is 0.466. The molecule has 0 spiro atoms. The molecule has 8 heteroatoms. The van der Waals surface area contributed by atoms with Crippen molar-refractivity contribution in [1.29, 1.82) is 0 Å². The van der Waals surface area contributed by atoms with Crippen molar-refractivity contribution in [1.82, 2.24) is 10.2 Å². The minimum atomic E-state index is -0.432. The number of thioether (sulfide) groups is 1. The summed E-state index contributed by atoms with van der Waals surface area (Å²) in [6, 6.07) is 13.9. The number of piperazine rings is 1. The van der Waals surface area contributed by atoms with E-state index in [-0.39, 0.29) is 23.4 Å². The highest BCUT2D eigenvalue weighted by molar-refractivity contribution is 8.00. The van der Waals surface area contributed by atoms with Gasteiger partial charge in [-0.15, -0.1) is 11.8 Å². The van der Waals surface area contributed by atoms with E-state index < -0.39 is 4.92 Å². The highest BCUT2D eigenvalue weighted by Gasteiger charge is 2.29. The molecular formula is C19H21N3O4S. The van der Waals surface area contributed by atoms with Crippen LogP contribution in [0.5, 0.6) is 5.75 Å². The number of hydrogen-bond donors (Lipinski definition) is 1. The molecule has 1 N–H and O–H groups in total. The lowest BCUT2D eigenvalue weighted by Crippen LogP contribution is -2.49. The fourth-order valence-electron chi connectivity index (χ4n) is 3.11. The molecule has 1 atom stereocenters. The Balaban J connectivity index is 1.69. The van der Waals surface area contributed by atoms with Crippen molar-refractivity contribution < 1.29 is 14.5 Å². The van der Waals surface area contributed by atoms with Crippen molar-refractivity contribution in [2.75, 3.05) is 32.5 Å². The average molecular weight is 387 g/mol. The number of nitrogens with zero attached hydrogens (tertiary/aromatic N) is 2. The van der Waals surface area contributed by atoms with E-state index >= 15 is 0 Å². The summed E-state index contributed by atoms with van der Waals surface area (Å²) in [6.07, 6.45) is 0. The molecule has 1 aliphatic heterocycles. The zero-order chi connectivity index (χ0) is 19.2. The third kappa shape index (κ3) is 4.58. The molecule has 1 heterocycles. The largest absolute Gasteiger partial charge is 0.496 e. The molecule has 1 saturated heterocycles. The van der Waals surface area contributed by atoms with Crippen LogP contribution in [-0.2, 0) is 4.79 Å². The summed E-state index contributed by atoms with van der Waals surface area (Å²) in [5.41, 5.74) is 1.03. The third-order valence-electron chi connectivity index (χ3n) is 4.47. The van der Waals surface area contributed by atoms with Crippen LogP contribution in [-0.4, -0.2) is 48.2 Å². The van der Waals surface area contributed by atoms with E-state index in [1.807, 2.05) is 29.2 Å². The predicted molar refractivity (Wildman–Crippen MR) is 104 cm³/mol. The molecule has 1 fully saturated rings. The van der Waals surface area contributed by atoms with E-state index in [4.69, 9.17) is 4.74 Å². The van der Waals surface area contributed by atoms with Gasteiger partial charge in [-0.2, -0.15) is 0 Å². The van der Waals surface area contributed by atoms with Crippen LogP contribution in [0.25, 0.3) is 0 Å². The number of nitrogens with one attached hydrogen (secondary N) is 1. The second kappa shape index (κ2) is 8.88. The maximum absolute atomic E-state index is 12.9. The van der Waals surface area contributed by atoms with Crippen LogP contribution < -0.4 is 10.1 Å². The summed E-state index contributed by atoms with van der Waals surface area (Å²) in [4.78, 5) is 25.9. The SMILES string of the molecule is COc1ccccc1C1CNCCN1C(=O)CSc1ccc([N+](=O)[O-])cc1. The van der Waals surface area contributed by atoms with Crippen molar-refractivity contribution in [3.63, 3.8) is 0 Å². The molecule has 0 aromatic heterocycles. The smallest absolute Gasteiger partial charge is 0.269 e. The zero-order valence-corrected chi connectivity index (χ0v) is 15.8. The van der Waals surface area contributed by atoms with Gasteiger partial charge in [-0.25, -0.2) is 0 Å². The number of hydrogen-bond acceptors (Lipinski definition) is 6. The van der Waals surface area contributed by atoms with E-state index in [9.17, 15) is 14.9 Å². The Morgan fingerprint density at radius 3 is 2.74 bits per heavy atom. The number of nitro groups is 1. The summed E-state index contributed by atoms with van der Waals surface area (Å²) in [6.45, 7) is 2.05. The number of carbonyl (C=O) groups is 1. The van der Waals surface area contributed by atoms with Gasteiger partial charge in [0.1, 0.15) is 5.75 Å². The summed E-state index contributed by atoms with van der Waals surface area (Å²) in [7, 11) is 1.63. The maximum atomic E-state index is 12.9. The highest BCUT2D eigenvalue weighted by Crippen LogP contribution is 2.31. The average Bonchev–Trinajstić information content (AvgIpc) is 2.72. The standard InChI is InChI=1S/C19H21N3O4S/c1-26-18-5-3-2-4-16(18)17-12-20-10-11-21(17)19(23)13-27-15-8-6-14(7-9-15)22(24)25/h2-9,17,20H,10-13H2,1H3. The molecule has 7 nitrogen and oxygen atoms in total. The second-order valence-electron chi connectivity index (χ2n) is 6.09. The first-order valence-electron chi connectivity index (χ1n) is 8.60. The van der Waals surface area contributed by atoms with E-state index in [0.717, 1.165) is 22.8 Å². The molecule has 0 saturated carbocycles. The van der Waals surface area contributed by atoms with Crippen LogP contribution in [0.4, 0.5) is 5.69 Å². The lowest BCUT2D eigenvalue weighted by Gasteiger charge is -2.37. The second-order valence-corrected chi connectivity index (χ2v) is 7.14. The number of methoxy groups -OCH3 is 1. The molecule has 2 aromatic carbocycles. The van der Waals surface area contributed by atoms with Crippen molar-refractivity contribution in [3.05, 3.63) is 64.2 Å². The topological polar surface area (TPSA) is 84.7 Å². The molecule has 0 radical (unpaired) electrons. The van der Waals surface area contributed by atoms with Crippen molar-refractivity contribution in [2.45, 2.75) is 10.9 Å². The Morgan fingerprint density at radius 2 is 2.04 bits per heavy atom. The number of rotatable bonds is 6. The molecule has 2 aromatic rings. The first-order chi connectivity index (χ1) is 13.1. The van der Waals surface area contributed by atoms with Crippen LogP contribution in [0.1, 0.15) is 11.6 Å². The normalized spacial score (nSPS) is 16.8. The third-order valence-corrected chi connectivity index (χ3v) is 5.47. The number of ether oxygens (including phenoxy) is 1. The van der Waals surface area contributed by atoms with Crippen molar-refractivity contribution in [2.24, 2.45) is 0 Å². The number of non-ortho nitro benzene ring substituents is 1. The van der Waals surface area contributed by atoms with Gasteiger partial charge in [-0.3, -0.25) is 14.9 Å². The molecule has 1 aliphatic rings. The minimum absolute atomic E-state index is 0.0377. The molecule has 0 bridgehead atoms. The Hall–Kier alpha value is -2.58. The summed E-state index contributed by atoms with van der Waals surface area (Å²) in [5.74, 6) is 1.09. The number of carbonyl (C=O) groups excluding carboxylic acids is 1. The van der Waals surface area contributed by atoms with Gasteiger partial charge in [0, 0.05) is 42.2 Å². The van der Waals surface area contributed by atoms with Gasteiger partial charge in [0.05, 0.1) is 23.8 Å². The maximum Gasteiger partial charge on any atom is 0.269 e. The van der Waals surface area contributed by atoms with Gasteiger partial charge in [-0.05, 0) is 18.2 Å². The minimum Gasteiger partial charge on any atom is -0.496 e. The Bertz CT molecular complexity index is 813. The molecule has 27 heavy (non-hydrogen) atoms. The molecule has 0 aliphatic carbocycles. The van der Waals surface area contributed by atoms with Crippen LogP contribution in [0.3, 0.4) is 0 Å². The number of nitro benzene ring substituents is 1. The van der Waals surface area contributed by atoms with Gasteiger partial charge in [-0.1, -0.05) is 18.2 Å². The number of amides is 1. The van der Waals surface area contributed by atoms with Crippen molar-refractivity contribution >= 4 is 23.4 Å².